The predicted molar refractivity (Wildman–Crippen MR) is 289 cm³/mol. The number of allylic oxidation sites excluding steroid dienone is 4. The lowest BCUT2D eigenvalue weighted by Crippen LogP contribution is -2.30. The van der Waals surface area contributed by atoms with Crippen molar-refractivity contribution in [3.05, 3.63) is 24.3 Å². The summed E-state index contributed by atoms with van der Waals surface area (Å²) in [5.74, 6) is -0.886. The van der Waals surface area contributed by atoms with Crippen LogP contribution in [-0.2, 0) is 28.6 Å². The first-order chi connectivity index (χ1) is 33.0. The van der Waals surface area contributed by atoms with Gasteiger partial charge in [0.15, 0.2) is 6.10 Å². The summed E-state index contributed by atoms with van der Waals surface area (Å²) in [5, 5.41) is 0. The lowest BCUT2D eigenvalue weighted by atomic mass is 10.0. The minimum absolute atomic E-state index is 0.0734. The maximum absolute atomic E-state index is 12.7. The van der Waals surface area contributed by atoms with Crippen molar-refractivity contribution in [2.75, 3.05) is 13.2 Å². The highest BCUT2D eigenvalue weighted by atomic mass is 16.6. The van der Waals surface area contributed by atoms with Crippen molar-refractivity contribution in [2.45, 2.75) is 335 Å². The molecule has 0 aromatic rings. The van der Waals surface area contributed by atoms with Gasteiger partial charge in [-0.1, -0.05) is 289 Å². The molecule has 0 radical (unpaired) electrons. The molecule has 0 aliphatic rings. The Morgan fingerprint density at radius 3 is 0.866 bits per heavy atom. The third-order valence-corrected chi connectivity index (χ3v) is 13.5. The van der Waals surface area contributed by atoms with Crippen LogP contribution in [0.4, 0.5) is 0 Å². The van der Waals surface area contributed by atoms with E-state index in [0.717, 1.165) is 89.9 Å². The molecular formula is C61H114O6. The molecule has 0 fully saturated rings. The Bertz CT molecular complexity index is 1080. The molecule has 1 atom stereocenters. The summed E-state index contributed by atoms with van der Waals surface area (Å²) in [6.07, 6.45) is 66.8. The second-order valence-corrected chi connectivity index (χ2v) is 20.3. The van der Waals surface area contributed by atoms with Crippen LogP contribution in [0.1, 0.15) is 329 Å². The molecule has 0 aliphatic heterocycles. The standard InChI is InChI=1S/C61H114O6/c1-4-7-10-13-15-17-19-21-23-24-25-26-27-28-29-30-31-32-33-34-35-36-37-38-40-41-43-45-48-51-54-60(63)66-57-58(56-65-59(62)53-50-47-12-9-6-3)67-61(64)55-52-49-46-44-42-39-22-20-18-16-14-11-8-5-2/h14,16,20,22,58H,4-13,15,17-19,21,23-57H2,1-3H3/b16-14-,22-20-. The largest absolute Gasteiger partial charge is 0.462 e. The molecule has 67 heavy (non-hydrogen) atoms. The van der Waals surface area contributed by atoms with Crippen LogP contribution in [0.5, 0.6) is 0 Å². The van der Waals surface area contributed by atoms with Crippen LogP contribution in [0, 0.1) is 0 Å². The highest BCUT2D eigenvalue weighted by molar-refractivity contribution is 5.71. The lowest BCUT2D eigenvalue weighted by Gasteiger charge is -2.18. The van der Waals surface area contributed by atoms with E-state index in [0.29, 0.717) is 19.3 Å². The van der Waals surface area contributed by atoms with Gasteiger partial charge in [-0.05, 0) is 44.9 Å². The third kappa shape index (κ3) is 54.7. The average molecular weight is 944 g/mol. The molecule has 394 valence electrons. The zero-order chi connectivity index (χ0) is 48.6. The van der Waals surface area contributed by atoms with E-state index < -0.39 is 6.10 Å². The fourth-order valence-corrected chi connectivity index (χ4v) is 8.93. The van der Waals surface area contributed by atoms with Crippen LogP contribution in [0.25, 0.3) is 0 Å². The van der Waals surface area contributed by atoms with Gasteiger partial charge in [-0.15, -0.1) is 0 Å². The van der Waals surface area contributed by atoms with Gasteiger partial charge in [0.1, 0.15) is 13.2 Å². The second kappa shape index (κ2) is 56.5. The Labute approximate surface area is 417 Å². The minimum atomic E-state index is -0.771. The molecular weight excluding hydrogens is 829 g/mol. The second-order valence-electron chi connectivity index (χ2n) is 20.3. The van der Waals surface area contributed by atoms with E-state index in [-0.39, 0.29) is 31.1 Å². The molecule has 0 aromatic heterocycles. The van der Waals surface area contributed by atoms with E-state index in [4.69, 9.17) is 14.2 Å². The van der Waals surface area contributed by atoms with Gasteiger partial charge < -0.3 is 14.2 Å². The molecule has 0 spiro atoms. The molecule has 6 nitrogen and oxygen atoms in total. The van der Waals surface area contributed by atoms with Gasteiger partial charge in [-0.2, -0.15) is 0 Å². The molecule has 0 heterocycles. The van der Waals surface area contributed by atoms with E-state index in [1.807, 2.05) is 0 Å². The van der Waals surface area contributed by atoms with Gasteiger partial charge in [-0.25, -0.2) is 0 Å². The van der Waals surface area contributed by atoms with Crippen molar-refractivity contribution in [3.8, 4) is 0 Å². The predicted octanol–water partition coefficient (Wildman–Crippen LogP) is 19.9. The SMILES string of the molecule is CCCC/C=C\C/C=C\CCCCCCCC(=O)OC(COC(=O)CCCCCCC)COC(=O)CCCCCCCCCCCCCCCCCCCCCCCCCCCCCCCC. The van der Waals surface area contributed by atoms with Crippen LogP contribution < -0.4 is 0 Å². The van der Waals surface area contributed by atoms with Gasteiger partial charge >= 0.3 is 17.9 Å². The fraction of sp³-hybridized carbons (Fsp3) is 0.885. The molecule has 6 heteroatoms. The summed E-state index contributed by atoms with van der Waals surface area (Å²) < 4.78 is 16.7. The number of hydrogen-bond acceptors (Lipinski definition) is 6. The monoisotopic (exact) mass is 943 g/mol. The number of esters is 3. The molecule has 0 rings (SSSR count). The number of ether oxygens (including phenoxy) is 3. The Balaban J connectivity index is 3.90. The van der Waals surface area contributed by atoms with E-state index >= 15 is 0 Å². The zero-order valence-electron chi connectivity index (χ0n) is 45.2. The van der Waals surface area contributed by atoms with Crippen LogP contribution in [-0.4, -0.2) is 37.2 Å². The van der Waals surface area contributed by atoms with Crippen molar-refractivity contribution in [3.63, 3.8) is 0 Å². The molecule has 0 saturated heterocycles. The van der Waals surface area contributed by atoms with Gasteiger partial charge in [-0.3, -0.25) is 14.4 Å². The summed E-state index contributed by atoms with van der Waals surface area (Å²) >= 11 is 0. The lowest BCUT2D eigenvalue weighted by molar-refractivity contribution is -0.167. The number of carbonyl (C=O) groups excluding carboxylic acids is 3. The quantitative estimate of drug-likeness (QED) is 0.0262. The van der Waals surface area contributed by atoms with E-state index in [1.54, 1.807) is 0 Å². The molecule has 0 aliphatic carbocycles. The molecule has 1 unspecified atom stereocenters. The molecule has 0 N–H and O–H groups in total. The summed E-state index contributed by atoms with van der Waals surface area (Å²) in [6, 6.07) is 0. The van der Waals surface area contributed by atoms with Crippen LogP contribution in [0.15, 0.2) is 24.3 Å². The number of rotatable bonds is 55. The summed E-state index contributed by atoms with van der Waals surface area (Å²) in [6.45, 7) is 6.54. The van der Waals surface area contributed by atoms with Crippen molar-refractivity contribution < 1.29 is 28.6 Å². The van der Waals surface area contributed by atoms with Crippen LogP contribution in [0.2, 0.25) is 0 Å². The Hall–Kier alpha value is -2.11. The van der Waals surface area contributed by atoms with Crippen LogP contribution in [0.3, 0.4) is 0 Å². The Kier molecular flexibility index (Phi) is 54.7. The molecule has 0 amide bonds. The first kappa shape index (κ1) is 64.9. The molecule has 0 saturated carbocycles. The first-order valence-corrected chi connectivity index (χ1v) is 29.8. The van der Waals surface area contributed by atoms with Gasteiger partial charge in [0.25, 0.3) is 0 Å². The minimum Gasteiger partial charge on any atom is -0.462 e. The van der Waals surface area contributed by atoms with Crippen molar-refractivity contribution >= 4 is 17.9 Å². The van der Waals surface area contributed by atoms with E-state index in [9.17, 15) is 14.4 Å². The topological polar surface area (TPSA) is 78.9 Å². The number of carbonyl (C=O) groups is 3. The first-order valence-electron chi connectivity index (χ1n) is 29.8. The van der Waals surface area contributed by atoms with E-state index in [2.05, 4.69) is 45.1 Å². The normalized spacial score (nSPS) is 12.1. The van der Waals surface area contributed by atoms with Crippen LogP contribution >= 0.6 is 0 Å². The van der Waals surface area contributed by atoms with Crippen molar-refractivity contribution in [1.82, 2.24) is 0 Å². The molecule has 0 aromatic carbocycles. The summed E-state index contributed by atoms with van der Waals surface area (Å²) in [4.78, 5) is 37.7. The number of unbranched alkanes of at least 4 members (excludes halogenated alkanes) is 40. The highest BCUT2D eigenvalue weighted by Gasteiger charge is 2.19. The summed E-state index contributed by atoms with van der Waals surface area (Å²) in [5.41, 5.74) is 0. The Morgan fingerprint density at radius 1 is 0.299 bits per heavy atom. The van der Waals surface area contributed by atoms with E-state index in [1.165, 1.54) is 199 Å². The smallest absolute Gasteiger partial charge is 0.306 e. The third-order valence-electron chi connectivity index (χ3n) is 13.5. The van der Waals surface area contributed by atoms with Crippen molar-refractivity contribution in [1.29, 1.82) is 0 Å². The maximum atomic E-state index is 12.7. The van der Waals surface area contributed by atoms with Gasteiger partial charge in [0.2, 0.25) is 0 Å². The van der Waals surface area contributed by atoms with Gasteiger partial charge in [0, 0.05) is 19.3 Å². The van der Waals surface area contributed by atoms with Gasteiger partial charge in [0.05, 0.1) is 0 Å². The average Bonchev–Trinajstić information content (AvgIpc) is 3.33. The summed E-state index contributed by atoms with van der Waals surface area (Å²) in [7, 11) is 0. The highest BCUT2D eigenvalue weighted by Crippen LogP contribution is 2.18. The van der Waals surface area contributed by atoms with Crippen molar-refractivity contribution in [2.24, 2.45) is 0 Å². The molecule has 0 bridgehead atoms. The Morgan fingerprint density at radius 2 is 0.552 bits per heavy atom. The number of hydrogen-bond donors (Lipinski definition) is 0. The zero-order valence-corrected chi connectivity index (χ0v) is 45.2. The maximum Gasteiger partial charge on any atom is 0.306 e. The fourth-order valence-electron chi connectivity index (χ4n) is 8.93.